The summed E-state index contributed by atoms with van der Waals surface area (Å²) in [5, 5.41) is 25.5. The summed E-state index contributed by atoms with van der Waals surface area (Å²) in [7, 11) is 0. The predicted octanol–water partition coefficient (Wildman–Crippen LogP) is 3.02. The van der Waals surface area contributed by atoms with Gasteiger partial charge in [-0.1, -0.05) is 13.8 Å². The zero-order chi connectivity index (χ0) is 23.7. The number of hydrogen-bond donors (Lipinski definition) is 3. The number of carbonyl (C=O) groups excluding carboxylic acids is 3. The van der Waals surface area contributed by atoms with E-state index in [2.05, 4.69) is 10.6 Å². The molecular weight excluding hydrogens is 418 g/mol. The van der Waals surface area contributed by atoms with Gasteiger partial charge < -0.3 is 20.5 Å². The minimum absolute atomic E-state index is 0.122. The molecule has 0 spiro atoms. The molecule has 0 aromatic heterocycles. The van der Waals surface area contributed by atoms with E-state index in [0.717, 1.165) is 6.07 Å². The van der Waals surface area contributed by atoms with Gasteiger partial charge in [0.2, 0.25) is 5.91 Å². The molecule has 32 heavy (non-hydrogen) atoms. The van der Waals surface area contributed by atoms with Crippen LogP contribution in [0.15, 0.2) is 42.5 Å². The molecule has 2 rings (SSSR count). The van der Waals surface area contributed by atoms with Crippen molar-refractivity contribution in [3.63, 3.8) is 0 Å². The second-order valence-electron chi connectivity index (χ2n) is 7.36. The molecule has 170 valence electrons. The van der Waals surface area contributed by atoms with Crippen molar-refractivity contribution in [2.75, 3.05) is 30.4 Å². The molecule has 0 aliphatic rings. The number of nitro groups is 1. The first-order valence-corrected chi connectivity index (χ1v) is 9.94. The van der Waals surface area contributed by atoms with Crippen LogP contribution in [0.5, 0.6) is 0 Å². The highest BCUT2D eigenvalue weighted by atomic mass is 16.6. The van der Waals surface area contributed by atoms with E-state index in [-0.39, 0.29) is 47.5 Å². The number of anilines is 2. The number of nitrogens with zero attached hydrogens (tertiary/aromatic N) is 1. The van der Waals surface area contributed by atoms with Crippen LogP contribution in [0.2, 0.25) is 0 Å². The van der Waals surface area contributed by atoms with Crippen LogP contribution in [0, 0.1) is 16.0 Å². The number of non-ortho nitro benzene ring substituents is 1. The highest BCUT2D eigenvalue weighted by molar-refractivity contribution is 6.01. The normalized spacial score (nSPS) is 10.5. The third-order valence-electron chi connectivity index (χ3n) is 4.28. The molecule has 2 aromatic rings. The Labute approximate surface area is 184 Å². The van der Waals surface area contributed by atoms with Gasteiger partial charge >= 0.3 is 5.97 Å². The molecule has 0 radical (unpaired) electrons. The molecule has 0 saturated carbocycles. The average Bonchev–Trinajstić information content (AvgIpc) is 2.75. The lowest BCUT2D eigenvalue weighted by atomic mass is 10.1. The van der Waals surface area contributed by atoms with Crippen LogP contribution < -0.4 is 10.6 Å². The fraction of sp³-hybridized carbons (Fsp3) is 0.318. The number of rotatable bonds is 11. The standard InChI is InChI=1S/C22H25N3O7/c1-14(2)11-21(28)24-16-5-3-15(4-6-16)20(27)13-32-22(29)18-12-17(25(30)31)7-8-19(18)23-9-10-26/h3-8,12,14,23,26H,9-11,13H2,1-2H3,(H,24,28). The summed E-state index contributed by atoms with van der Waals surface area (Å²) in [5.74, 6) is -1.31. The highest BCUT2D eigenvalue weighted by Gasteiger charge is 2.19. The molecule has 0 saturated heterocycles. The monoisotopic (exact) mass is 443 g/mol. The first kappa shape index (κ1) is 24.5. The van der Waals surface area contributed by atoms with Crippen molar-refractivity contribution in [1.29, 1.82) is 0 Å². The average molecular weight is 443 g/mol. The van der Waals surface area contributed by atoms with Crippen molar-refractivity contribution in [3.05, 3.63) is 63.7 Å². The highest BCUT2D eigenvalue weighted by Crippen LogP contribution is 2.23. The molecule has 0 heterocycles. The van der Waals surface area contributed by atoms with Gasteiger partial charge in [0.25, 0.3) is 5.69 Å². The number of aliphatic hydroxyl groups is 1. The van der Waals surface area contributed by atoms with Gasteiger partial charge in [0.1, 0.15) is 0 Å². The summed E-state index contributed by atoms with van der Waals surface area (Å²) < 4.78 is 5.05. The molecule has 0 aliphatic carbocycles. The number of ketones is 1. The van der Waals surface area contributed by atoms with Crippen LogP contribution in [0.25, 0.3) is 0 Å². The van der Waals surface area contributed by atoms with E-state index in [1.54, 1.807) is 12.1 Å². The molecule has 1 amide bonds. The van der Waals surface area contributed by atoms with E-state index < -0.39 is 23.3 Å². The Balaban J connectivity index is 2.03. The minimum atomic E-state index is -0.917. The number of carbonyl (C=O) groups is 3. The molecule has 0 unspecified atom stereocenters. The van der Waals surface area contributed by atoms with Crippen LogP contribution in [-0.2, 0) is 9.53 Å². The number of benzene rings is 2. The smallest absolute Gasteiger partial charge is 0.340 e. The third kappa shape index (κ3) is 7.17. The van der Waals surface area contributed by atoms with E-state index >= 15 is 0 Å². The van der Waals surface area contributed by atoms with E-state index in [9.17, 15) is 24.5 Å². The van der Waals surface area contributed by atoms with Crippen LogP contribution in [-0.4, -0.2) is 47.4 Å². The second-order valence-corrected chi connectivity index (χ2v) is 7.36. The molecule has 2 aromatic carbocycles. The SMILES string of the molecule is CC(C)CC(=O)Nc1ccc(C(=O)COC(=O)c2cc([N+](=O)[O-])ccc2NCCO)cc1. The summed E-state index contributed by atoms with van der Waals surface area (Å²) in [6.45, 7) is 3.21. The molecule has 3 N–H and O–H groups in total. The van der Waals surface area contributed by atoms with E-state index in [0.29, 0.717) is 12.1 Å². The Morgan fingerprint density at radius 1 is 1.12 bits per heavy atom. The Hall–Kier alpha value is -3.79. The van der Waals surface area contributed by atoms with Crippen LogP contribution in [0.4, 0.5) is 17.1 Å². The van der Waals surface area contributed by atoms with Crippen LogP contribution >= 0.6 is 0 Å². The number of amides is 1. The van der Waals surface area contributed by atoms with E-state index in [1.165, 1.54) is 24.3 Å². The maximum Gasteiger partial charge on any atom is 0.340 e. The first-order chi connectivity index (χ1) is 15.2. The summed E-state index contributed by atoms with van der Waals surface area (Å²) in [6, 6.07) is 9.74. The zero-order valence-electron chi connectivity index (χ0n) is 17.8. The van der Waals surface area contributed by atoms with Crippen molar-refractivity contribution in [1.82, 2.24) is 0 Å². The number of nitro benzene ring substituents is 1. The topological polar surface area (TPSA) is 148 Å². The van der Waals surface area contributed by atoms with Crippen molar-refractivity contribution in [2.45, 2.75) is 20.3 Å². The number of hydrogen-bond acceptors (Lipinski definition) is 8. The number of Topliss-reactive ketones (excluding diaryl/α,β-unsaturated/α-hetero) is 1. The summed E-state index contributed by atoms with van der Waals surface area (Å²) in [5.41, 5.74) is 0.623. The van der Waals surface area contributed by atoms with Crippen molar-refractivity contribution in [3.8, 4) is 0 Å². The fourth-order valence-electron chi connectivity index (χ4n) is 2.77. The maximum absolute atomic E-state index is 12.5. The number of ether oxygens (including phenoxy) is 1. The van der Waals surface area contributed by atoms with Crippen molar-refractivity contribution >= 4 is 34.7 Å². The number of esters is 1. The number of aliphatic hydroxyl groups excluding tert-OH is 1. The minimum Gasteiger partial charge on any atom is -0.454 e. The summed E-state index contributed by atoms with van der Waals surface area (Å²) in [4.78, 5) is 47.0. The fourth-order valence-corrected chi connectivity index (χ4v) is 2.77. The molecule has 10 nitrogen and oxygen atoms in total. The van der Waals surface area contributed by atoms with Gasteiger partial charge in [-0.05, 0) is 36.2 Å². The Kier molecular flexibility index (Phi) is 8.84. The van der Waals surface area contributed by atoms with Gasteiger partial charge in [0.15, 0.2) is 12.4 Å². The summed E-state index contributed by atoms with van der Waals surface area (Å²) >= 11 is 0. The molecule has 0 bridgehead atoms. The van der Waals surface area contributed by atoms with Crippen molar-refractivity contribution in [2.24, 2.45) is 5.92 Å². The van der Waals surface area contributed by atoms with Gasteiger partial charge in [-0.15, -0.1) is 0 Å². The van der Waals surface area contributed by atoms with Gasteiger partial charge in [-0.25, -0.2) is 4.79 Å². The third-order valence-corrected chi connectivity index (χ3v) is 4.28. The predicted molar refractivity (Wildman–Crippen MR) is 118 cm³/mol. The van der Waals surface area contributed by atoms with Gasteiger partial charge in [0.05, 0.1) is 17.1 Å². The molecule has 0 atom stereocenters. The Bertz CT molecular complexity index is 988. The molecule has 0 aliphatic heterocycles. The van der Waals surface area contributed by atoms with E-state index in [4.69, 9.17) is 9.84 Å². The number of nitrogens with one attached hydrogen (secondary N) is 2. The van der Waals surface area contributed by atoms with Crippen molar-refractivity contribution < 1.29 is 29.2 Å². The van der Waals surface area contributed by atoms with Gasteiger partial charge in [-0.3, -0.25) is 19.7 Å². The Morgan fingerprint density at radius 3 is 2.41 bits per heavy atom. The van der Waals surface area contributed by atoms with E-state index in [1.807, 2.05) is 13.8 Å². The lowest BCUT2D eigenvalue weighted by Gasteiger charge is -2.11. The lowest BCUT2D eigenvalue weighted by Crippen LogP contribution is -2.17. The van der Waals surface area contributed by atoms with Gasteiger partial charge in [-0.2, -0.15) is 0 Å². The maximum atomic E-state index is 12.5. The quantitative estimate of drug-likeness (QED) is 0.208. The van der Waals surface area contributed by atoms with Gasteiger partial charge in [0, 0.05) is 42.0 Å². The summed E-state index contributed by atoms with van der Waals surface area (Å²) in [6.07, 6.45) is 0.378. The molecule has 0 fully saturated rings. The zero-order valence-corrected chi connectivity index (χ0v) is 17.8. The Morgan fingerprint density at radius 2 is 1.81 bits per heavy atom. The first-order valence-electron chi connectivity index (χ1n) is 9.94. The molecular formula is C22H25N3O7. The largest absolute Gasteiger partial charge is 0.454 e. The lowest BCUT2D eigenvalue weighted by molar-refractivity contribution is -0.384. The second kappa shape index (κ2) is 11.6. The van der Waals surface area contributed by atoms with Crippen LogP contribution in [0.1, 0.15) is 41.0 Å². The van der Waals surface area contributed by atoms with Crippen LogP contribution in [0.3, 0.4) is 0 Å². The molecule has 10 heteroatoms.